The summed E-state index contributed by atoms with van der Waals surface area (Å²) in [6.45, 7) is 0.788. The fraction of sp³-hybridized carbons (Fsp3) is 0.0476. The van der Waals surface area contributed by atoms with Gasteiger partial charge < -0.3 is 10.3 Å². The molecule has 0 radical (unpaired) electrons. The fourth-order valence-corrected chi connectivity index (χ4v) is 2.65. The summed E-state index contributed by atoms with van der Waals surface area (Å²) in [5.74, 6) is 6.74. The van der Waals surface area contributed by atoms with E-state index >= 15 is 0 Å². The van der Waals surface area contributed by atoms with Gasteiger partial charge in [-0.05, 0) is 42.0 Å². The number of nitrogens with zero attached hydrogens (tertiary/aromatic N) is 3. The first-order valence-electron chi connectivity index (χ1n) is 8.00. The van der Waals surface area contributed by atoms with Gasteiger partial charge in [0.2, 0.25) is 0 Å². The lowest BCUT2D eigenvalue weighted by Gasteiger charge is -2.04. The van der Waals surface area contributed by atoms with Gasteiger partial charge in [-0.15, -0.1) is 0 Å². The van der Waals surface area contributed by atoms with E-state index in [1.807, 2.05) is 42.7 Å². The molecule has 2 aromatic carbocycles. The minimum atomic E-state index is 0.502. The highest BCUT2D eigenvalue weighted by atomic mass is 15.0. The van der Waals surface area contributed by atoms with Crippen LogP contribution in [0.4, 0.5) is 5.82 Å². The quantitative estimate of drug-likeness (QED) is 0.575. The van der Waals surface area contributed by atoms with Crippen molar-refractivity contribution < 1.29 is 0 Å². The molecule has 0 aliphatic rings. The van der Waals surface area contributed by atoms with Gasteiger partial charge in [0.05, 0.1) is 17.4 Å². The first-order valence-corrected chi connectivity index (χ1v) is 8.00. The number of rotatable bonds is 2. The van der Waals surface area contributed by atoms with Crippen LogP contribution in [0.25, 0.3) is 11.0 Å². The van der Waals surface area contributed by atoms with Crippen LogP contribution in [0.1, 0.15) is 16.7 Å². The Morgan fingerprint density at radius 2 is 1.60 bits per heavy atom. The Morgan fingerprint density at radius 1 is 0.840 bits per heavy atom. The molecule has 2 heterocycles. The van der Waals surface area contributed by atoms with E-state index in [1.54, 1.807) is 12.3 Å². The Labute approximate surface area is 146 Å². The van der Waals surface area contributed by atoms with Gasteiger partial charge in [0.1, 0.15) is 5.82 Å². The summed E-state index contributed by atoms with van der Waals surface area (Å²) < 4.78 is 2.15. The second-order valence-electron chi connectivity index (χ2n) is 5.78. The highest BCUT2D eigenvalue weighted by Crippen LogP contribution is 2.14. The van der Waals surface area contributed by atoms with Gasteiger partial charge in [-0.1, -0.05) is 36.1 Å². The number of imidazole rings is 1. The van der Waals surface area contributed by atoms with Crippen molar-refractivity contribution in [1.82, 2.24) is 14.5 Å². The van der Waals surface area contributed by atoms with Gasteiger partial charge in [-0.2, -0.15) is 0 Å². The van der Waals surface area contributed by atoms with Crippen LogP contribution in [0, 0.1) is 11.8 Å². The molecule has 0 bridgehead atoms. The second kappa shape index (κ2) is 6.50. The van der Waals surface area contributed by atoms with Crippen molar-refractivity contribution in [1.29, 1.82) is 0 Å². The van der Waals surface area contributed by atoms with Gasteiger partial charge in [-0.3, -0.25) is 0 Å². The van der Waals surface area contributed by atoms with Gasteiger partial charge >= 0.3 is 0 Å². The van der Waals surface area contributed by atoms with Crippen molar-refractivity contribution in [3.8, 4) is 11.8 Å². The minimum Gasteiger partial charge on any atom is -0.384 e. The number of benzene rings is 2. The van der Waals surface area contributed by atoms with Gasteiger partial charge in [0.25, 0.3) is 0 Å². The molecule has 0 saturated carbocycles. The number of hydrogen-bond acceptors (Lipinski definition) is 3. The predicted molar refractivity (Wildman–Crippen MR) is 99.9 cm³/mol. The average molecular weight is 324 g/mol. The molecule has 0 aliphatic carbocycles. The monoisotopic (exact) mass is 324 g/mol. The molecule has 0 atom stereocenters. The highest BCUT2D eigenvalue weighted by Gasteiger charge is 2.02. The molecule has 4 nitrogen and oxygen atoms in total. The minimum absolute atomic E-state index is 0.502. The Hall–Kier alpha value is -3.58. The zero-order valence-electron chi connectivity index (χ0n) is 13.6. The van der Waals surface area contributed by atoms with Crippen molar-refractivity contribution >= 4 is 16.9 Å². The first-order chi connectivity index (χ1) is 12.3. The fourth-order valence-electron chi connectivity index (χ4n) is 2.65. The number of aromatic nitrogens is 3. The zero-order valence-corrected chi connectivity index (χ0v) is 13.6. The maximum absolute atomic E-state index is 5.57. The van der Waals surface area contributed by atoms with E-state index in [0.717, 1.165) is 28.7 Å². The van der Waals surface area contributed by atoms with Gasteiger partial charge in [-0.25, -0.2) is 9.97 Å². The third-order valence-electron chi connectivity index (χ3n) is 3.97. The average Bonchev–Trinajstić information content (AvgIpc) is 3.06. The molecule has 4 rings (SSSR count). The molecule has 0 aliphatic heterocycles. The van der Waals surface area contributed by atoms with E-state index in [-0.39, 0.29) is 0 Å². The molecule has 2 aromatic heterocycles. The summed E-state index contributed by atoms with van der Waals surface area (Å²) in [4.78, 5) is 8.47. The van der Waals surface area contributed by atoms with Crippen LogP contribution >= 0.6 is 0 Å². The number of para-hydroxylation sites is 2. The number of pyridine rings is 1. The first kappa shape index (κ1) is 15.0. The molecule has 0 saturated heterocycles. The highest BCUT2D eigenvalue weighted by molar-refractivity contribution is 5.75. The smallest absolute Gasteiger partial charge is 0.123 e. The molecule has 4 aromatic rings. The maximum atomic E-state index is 5.57. The largest absolute Gasteiger partial charge is 0.384 e. The molecular formula is C21H16N4. The number of nitrogens with two attached hydrogens (primary N) is 1. The van der Waals surface area contributed by atoms with Crippen LogP contribution in [0.2, 0.25) is 0 Å². The Balaban J connectivity index is 1.51. The lowest BCUT2D eigenvalue weighted by Crippen LogP contribution is -1.97. The topological polar surface area (TPSA) is 56.7 Å². The third-order valence-corrected chi connectivity index (χ3v) is 3.97. The number of hydrogen-bond donors (Lipinski definition) is 1. The lowest BCUT2D eigenvalue weighted by atomic mass is 10.1. The van der Waals surface area contributed by atoms with E-state index in [4.69, 9.17) is 5.73 Å². The van der Waals surface area contributed by atoms with E-state index in [2.05, 4.69) is 44.6 Å². The van der Waals surface area contributed by atoms with Crippen LogP contribution < -0.4 is 5.73 Å². The van der Waals surface area contributed by atoms with E-state index in [9.17, 15) is 0 Å². The Kier molecular flexibility index (Phi) is 3.89. The SMILES string of the molecule is Nc1ccc(C#Cc2ccc(Cn3cnc4ccccc43)cc2)cn1. The summed E-state index contributed by atoms with van der Waals surface area (Å²) in [6, 6.07) is 20.0. The zero-order chi connectivity index (χ0) is 17.1. The van der Waals surface area contributed by atoms with E-state index < -0.39 is 0 Å². The third kappa shape index (κ3) is 3.36. The summed E-state index contributed by atoms with van der Waals surface area (Å²) >= 11 is 0. The maximum Gasteiger partial charge on any atom is 0.123 e. The molecule has 0 amide bonds. The Morgan fingerprint density at radius 3 is 2.40 bits per heavy atom. The van der Waals surface area contributed by atoms with Crippen LogP contribution in [-0.4, -0.2) is 14.5 Å². The van der Waals surface area contributed by atoms with E-state index in [1.165, 1.54) is 5.56 Å². The molecule has 2 N–H and O–H groups in total. The standard InChI is InChI=1S/C21H16N4/c22-21-12-11-17(13-23-21)8-5-16-6-9-18(10-7-16)14-25-15-24-19-3-1-2-4-20(19)25/h1-4,6-7,9-13,15H,14H2,(H2,22,23). The molecular weight excluding hydrogens is 308 g/mol. The van der Waals surface area contributed by atoms with Crippen molar-refractivity contribution in [3.63, 3.8) is 0 Å². The van der Waals surface area contributed by atoms with Crippen LogP contribution in [-0.2, 0) is 6.54 Å². The van der Waals surface area contributed by atoms with Crippen LogP contribution in [0.15, 0.2) is 73.2 Å². The predicted octanol–water partition coefficient (Wildman–Crippen LogP) is 3.46. The number of nitrogen functional groups attached to an aromatic ring is 1. The second-order valence-corrected chi connectivity index (χ2v) is 5.78. The number of anilines is 1. The number of fused-ring (bicyclic) bond motifs is 1. The van der Waals surface area contributed by atoms with Crippen molar-refractivity contribution in [2.75, 3.05) is 5.73 Å². The summed E-state index contributed by atoms with van der Waals surface area (Å²) in [6.07, 6.45) is 3.56. The molecule has 0 unspecified atom stereocenters. The lowest BCUT2D eigenvalue weighted by molar-refractivity contribution is 0.824. The molecule has 4 heteroatoms. The van der Waals surface area contributed by atoms with Crippen molar-refractivity contribution in [3.05, 3.63) is 89.9 Å². The summed E-state index contributed by atoms with van der Waals surface area (Å²) in [5.41, 5.74) is 10.8. The summed E-state index contributed by atoms with van der Waals surface area (Å²) in [7, 11) is 0. The van der Waals surface area contributed by atoms with Gasteiger partial charge in [0, 0.05) is 23.9 Å². The van der Waals surface area contributed by atoms with Crippen LogP contribution in [0.5, 0.6) is 0 Å². The normalized spacial score (nSPS) is 10.4. The molecule has 0 fully saturated rings. The van der Waals surface area contributed by atoms with Gasteiger partial charge in [0.15, 0.2) is 0 Å². The molecule has 0 spiro atoms. The van der Waals surface area contributed by atoms with Crippen molar-refractivity contribution in [2.24, 2.45) is 0 Å². The van der Waals surface area contributed by atoms with Crippen molar-refractivity contribution in [2.45, 2.75) is 6.54 Å². The van der Waals surface area contributed by atoms with E-state index in [0.29, 0.717) is 5.82 Å². The molecule has 25 heavy (non-hydrogen) atoms. The molecule has 120 valence electrons. The Bertz CT molecular complexity index is 1060. The van der Waals surface area contributed by atoms with Crippen LogP contribution in [0.3, 0.4) is 0 Å². The summed E-state index contributed by atoms with van der Waals surface area (Å²) in [5, 5.41) is 0.